The monoisotopic (exact) mass is 482 g/mol. The van der Waals surface area contributed by atoms with E-state index in [-0.39, 0.29) is 22.2 Å². The summed E-state index contributed by atoms with van der Waals surface area (Å²) in [5.41, 5.74) is 0.956. The molecular weight excluding hydrogens is 466 g/mol. The van der Waals surface area contributed by atoms with Crippen molar-refractivity contribution in [2.75, 3.05) is 13.2 Å². The lowest BCUT2D eigenvalue weighted by molar-refractivity contribution is -0.139. The van der Waals surface area contributed by atoms with Crippen molar-refractivity contribution in [3.63, 3.8) is 0 Å². The molecule has 29 heavy (non-hydrogen) atoms. The minimum absolute atomic E-state index is 0.132. The molecule has 0 aliphatic heterocycles. The van der Waals surface area contributed by atoms with Gasteiger partial charge in [-0.15, -0.1) is 0 Å². The van der Waals surface area contributed by atoms with Gasteiger partial charge in [-0.05, 0) is 43.2 Å². The molecule has 2 aromatic rings. The number of ether oxygens (including phenoxy) is 2. The normalized spacial score (nSPS) is 9.97. The molecule has 0 radical (unpaired) electrons. The highest BCUT2D eigenvalue weighted by Crippen LogP contribution is 2.33. The van der Waals surface area contributed by atoms with E-state index in [0.29, 0.717) is 23.1 Å². The second-order valence-electron chi connectivity index (χ2n) is 5.63. The SMILES string of the molecule is Cc1cc(Cl)ccc1OCCCC(=O)O.O=C(O)COc1cc(Cl)c(Cl)cc1Cl. The second kappa shape index (κ2) is 12.6. The van der Waals surface area contributed by atoms with Crippen molar-refractivity contribution in [2.45, 2.75) is 19.8 Å². The number of carbonyl (C=O) groups is 2. The third-order valence-corrected chi connectivity index (χ3v) is 4.51. The van der Waals surface area contributed by atoms with Crippen LogP contribution in [0.3, 0.4) is 0 Å². The van der Waals surface area contributed by atoms with E-state index in [1.807, 2.05) is 13.0 Å². The van der Waals surface area contributed by atoms with Crippen LogP contribution in [0.15, 0.2) is 30.3 Å². The first-order valence-electron chi connectivity index (χ1n) is 8.20. The predicted molar refractivity (Wildman–Crippen MR) is 113 cm³/mol. The molecule has 158 valence electrons. The highest BCUT2D eigenvalue weighted by Gasteiger charge is 2.08. The van der Waals surface area contributed by atoms with Crippen LogP contribution in [0.2, 0.25) is 20.1 Å². The Bertz CT molecular complexity index is 857. The van der Waals surface area contributed by atoms with Crippen LogP contribution in [0.5, 0.6) is 11.5 Å². The first-order chi connectivity index (χ1) is 13.6. The summed E-state index contributed by atoms with van der Waals surface area (Å²) >= 11 is 22.9. The molecule has 0 atom stereocenters. The molecule has 0 spiro atoms. The Kier molecular flexibility index (Phi) is 11.0. The van der Waals surface area contributed by atoms with Crippen molar-refractivity contribution < 1.29 is 29.3 Å². The molecule has 0 saturated heterocycles. The van der Waals surface area contributed by atoms with Gasteiger partial charge in [0.25, 0.3) is 0 Å². The third kappa shape index (κ3) is 9.94. The van der Waals surface area contributed by atoms with Crippen molar-refractivity contribution in [2.24, 2.45) is 0 Å². The van der Waals surface area contributed by atoms with E-state index in [1.54, 1.807) is 12.1 Å². The zero-order valence-corrected chi connectivity index (χ0v) is 18.3. The Balaban J connectivity index is 0.000000291. The number of rotatable bonds is 8. The van der Waals surface area contributed by atoms with Gasteiger partial charge in [-0.1, -0.05) is 46.4 Å². The molecule has 0 aliphatic carbocycles. The maximum absolute atomic E-state index is 10.2. The van der Waals surface area contributed by atoms with E-state index in [2.05, 4.69) is 0 Å². The highest BCUT2D eigenvalue weighted by atomic mass is 35.5. The number of carboxylic acid groups (broad SMARTS) is 2. The third-order valence-electron chi connectivity index (χ3n) is 3.26. The zero-order chi connectivity index (χ0) is 22.0. The number of aryl methyl sites for hydroxylation is 1. The maximum atomic E-state index is 10.2. The smallest absolute Gasteiger partial charge is 0.341 e. The minimum Gasteiger partial charge on any atom is -0.493 e. The average molecular weight is 484 g/mol. The van der Waals surface area contributed by atoms with Crippen molar-refractivity contribution in [1.29, 1.82) is 0 Å². The summed E-state index contributed by atoms with van der Waals surface area (Å²) in [6.07, 6.45) is 0.643. The summed E-state index contributed by atoms with van der Waals surface area (Å²) in [5, 5.41) is 18.2. The van der Waals surface area contributed by atoms with Crippen LogP contribution in [0, 0.1) is 6.92 Å². The number of hydrogen-bond acceptors (Lipinski definition) is 4. The standard InChI is InChI=1S/C11H13ClO3.C8H5Cl3O3/c1-8-7-9(12)4-5-10(8)15-6-2-3-11(13)14;9-4-1-6(11)7(2-5(4)10)14-3-8(12)13/h4-5,7H,2-3,6H2,1H3,(H,13,14);1-2H,3H2,(H,12,13). The van der Waals surface area contributed by atoms with Gasteiger partial charge < -0.3 is 19.7 Å². The molecule has 0 heterocycles. The Hall–Kier alpha value is -1.86. The van der Waals surface area contributed by atoms with Gasteiger partial charge in [0, 0.05) is 17.5 Å². The van der Waals surface area contributed by atoms with E-state index < -0.39 is 18.5 Å². The Labute approximate surface area is 187 Å². The fourth-order valence-corrected chi connectivity index (χ4v) is 2.75. The number of halogens is 4. The lowest BCUT2D eigenvalue weighted by atomic mass is 10.2. The second-order valence-corrected chi connectivity index (χ2v) is 7.29. The van der Waals surface area contributed by atoms with Crippen molar-refractivity contribution in [3.8, 4) is 11.5 Å². The van der Waals surface area contributed by atoms with Crippen LogP contribution < -0.4 is 9.47 Å². The molecule has 2 rings (SSSR count). The lowest BCUT2D eigenvalue weighted by Gasteiger charge is -2.08. The molecule has 0 amide bonds. The van der Waals surface area contributed by atoms with Gasteiger partial charge in [-0.25, -0.2) is 4.79 Å². The van der Waals surface area contributed by atoms with E-state index in [1.165, 1.54) is 12.1 Å². The predicted octanol–water partition coefficient (Wildman–Crippen LogP) is 6.00. The molecule has 0 aliphatic rings. The molecular formula is C19H18Cl4O6. The van der Waals surface area contributed by atoms with Gasteiger partial charge >= 0.3 is 11.9 Å². The molecule has 0 unspecified atom stereocenters. The summed E-state index contributed by atoms with van der Waals surface area (Å²) in [4.78, 5) is 20.5. The van der Waals surface area contributed by atoms with Crippen LogP contribution >= 0.6 is 46.4 Å². The quantitative estimate of drug-likeness (QED) is 0.353. The first-order valence-corrected chi connectivity index (χ1v) is 9.71. The Morgan fingerprint density at radius 3 is 2.10 bits per heavy atom. The van der Waals surface area contributed by atoms with E-state index in [0.717, 1.165) is 11.3 Å². The van der Waals surface area contributed by atoms with Crippen LogP contribution in [0.4, 0.5) is 0 Å². The van der Waals surface area contributed by atoms with Crippen molar-refractivity contribution in [1.82, 2.24) is 0 Å². The fourth-order valence-electron chi connectivity index (χ4n) is 1.93. The summed E-state index contributed by atoms with van der Waals surface area (Å²) in [7, 11) is 0. The zero-order valence-electron chi connectivity index (χ0n) is 15.3. The van der Waals surface area contributed by atoms with Gasteiger partial charge in [0.15, 0.2) is 6.61 Å². The summed E-state index contributed by atoms with van der Waals surface area (Å²) in [5.74, 6) is -0.938. The van der Waals surface area contributed by atoms with Crippen molar-refractivity contribution in [3.05, 3.63) is 56.0 Å². The number of benzene rings is 2. The van der Waals surface area contributed by atoms with Gasteiger partial charge in [-0.2, -0.15) is 0 Å². The highest BCUT2D eigenvalue weighted by molar-refractivity contribution is 6.43. The molecule has 6 nitrogen and oxygen atoms in total. The van der Waals surface area contributed by atoms with Gasteiger partial charge in [0.2, 0.25) is 0 Å². The number of carboxylic acids is 2. The van der Waals surface area contributed by atoms with E-state index in [4.69, 9.17) is 66.1 Å². The van der Waals surface area contributed by atoms with Gasteiger partial charge in [-0.3, -0.25) is 4.79 Å². The maximum Gasteiger partial charge on any atom is 0.341 e. The first kappa shape index (κ1) is 25.2. The average Bonchev–Trinajstić information content (AvgIpc) is 2.62. The molecule has 2 aromatic carbocycles. The van der Waals surface area contributed by atoms with Gasteiger partial charge in [0.1, 0.15) is 11.5 Å². The largest absolute Gasteiger partial charge is 0.493 e. The molecule has 10 heteroatoms. The number of hydrogen-bond donors (Lipinski definition) is 2. The van der Waals surface area contributed by atoms with E-state index in [9.17, 15) is 9.59 Å². The minimum atomic E-state index is -1.09. The lowest BCUT2D eigenvalue weighted by Crippen LogP contribution is -2.09. The number of aliphatic carboxylic acids is 2. The van der Waals surface area contributed by atoms with Crippen LogP contribution in [0.1, 0.15) is 18.4 Å². The fraction of sp³-hybridized carbons (Fsp3) is 0.263. The Morgan fingerprint density at radius 2 is 1.52 bits per heavy atom. The Morgan fingerprint density at radius 1 is 0.862 bits per heavy atom. The van der Waals surface area contributed by atoms with Gasteiger partial charge in [0.05, 0.1) is 21.7 Å². The molecule has 0 bridgehead atoms. The van der Waals surface area contributed by atoms with E-state index >= 15 is 0 Å². The summed E-state index contributed by atoms with van der Waals surface area (Å²) < 4.78 is 10.3. The molecule has 0 saturated carbocycles. The topological polar surface area (TPSA) is 93.1 Å². The van der Waals surface area contributed by atoms with Crippen LogP contribution in [0.25, 0.3) is 0 Å². The summed E-state index contributed by atoms with van der Waals surface area (Å²) in [6.45, 7) is 1.84. The molecule has 0 fully saturated rings. The van der Waals surface area contributed by atoms with Crippen molar-refractivity contribution >= 4 is 58.3 Å². The molecule has 2 N–H and O–H groups in total. The molecule has 0 aromatic heterocycles. The van der Waals surface area contributed by atoms with Crippen LogP contribution in [-0.4, -0.2) is 35.4 Å². The van der Waals surface area contributed by atoms with Crippen LogP contribution in [-0.2, 0) is 9.59 Å². The summed E-state index contributed by atoms with van der Waals surface area (Å²) in [6, 6.07) is 8.12.